The van der Waals surface area contributed by atoms with Crippen molar-refractivity contribution in [1.29, 1.82) is 0 Å². The smallest absolute Gasteiger partial charge is 0.214 e. The molecule has 0 aromatic carbocycles. The van der Waals surface area contributed by atoms with E-state index in [4.69, 9.17) is 0 Å². The predicted octanol–water partition coefficient (Wildman–Crippen LogP) is 0.684. The van der Waals surface area contributed by atoms with Crippen molar-refractivity contribution in [1.82, 2.24) is 0 Å². The summed E-state index contributed by atoms with van der Waals surface area (Å²) in [6.07, 6.45) is 1.75. The first-order valence-corrected chi connectivity index (χ1v) is 1.98. The number of allylic oxidation sites excluding steroid dienone is 1. The third-order valence-electron chi connectivity index (χ3n) is 0. The minimum absolute atomic E-state index is 0.333. The van der Waals surface area contributed by atoms with Crippen LogP contribution in [0.15, 0.2) is 12.7 Å². The van der Waals surface area contributed by atoms with Crippen molar-refractivity contribution in [3.05, 3.63) is 12.7 Å². The van der Waals surface area contributed by atoms with Crippen molar-refractivity contribution < 1.29 is 4.79 Å². The van der Waals surface area contributed by atoms with Crippen molar-refractivity contribution in [2.45, 2.75) is 13.8 Å². The average Bonchev–Trinajstić information content (AvgIpc) is 1.33. The monoisotopic (exact) mass is 101 g/mol. The van der Waals surface area contributed by atoms with Gasteiger partial charge in [-0.1, -0.05) is 6.08 Å². The maximum atomic E-state index is 9.22. The molecule has 0 aromatic rings. The lowest BCUT2D eigenvalue weighted by Gasteiger charge is -1.60. The summed E-state index contributed by atoms with van der Waals surface area (Å²) in [6.45, 7) is 6.56. The van der Waals surface area contributed by atoms with Crippen LogP contribution >= 0.6 is 0 Å². The molecule has 0 aromatic heterocycles. The first-order valence-electron chi connectivity index (χ1n) is 1.98. The fourth-order valence-electron chi connectivity index (χ4n) is 0. The lowest BCUT2D eigenvalue weighted by molar-refractivity contribution is -0.115. The molecule has 0 spiro atoms. The fraction of sp³-hybridized carbons (Fsp3) is 0.400. The number of primary amides is 1. The Hall–Kier alpha value is -0.790. The Morgan fingerprint density at radius 3 is 1.86 bits per heavy atom. The van der Waals surface area contributed by atoms with Crippen LogP contribution in [0.1, 0.15) is 13.8 Å². The van der Waals surface area contributed by atoms with E-state index in [9.17, 15) is 4.79 Å². The van der Waals surface area contributed by atoms with Crippen molar-refractivity contribution in [2.75, 3.05) is 0 Å². The van der Waals surface area contributed by atoms with Gasteiger partial charge in [-0.25, -0.2) is 0 Å². The Balaban J connectivity index is 0. The molecule has 0 aliphatic heterocycles. The van der Waals surface area contributed by atoms with E-state index in [0.717, 1.165) is 0 Å². The molecule has 0 atom stereocenters. The van der Waals surface area contributed by atoms with Crippen LogP contribution in [0.25, 0.3) is 0 Å². The summed E-state index contributed by atoms with van der Waals surface area (Å²) in [6, 6.07) is 0. The van der Waals surface area contributed by atoms with Gasteiger partial charge in [-0.3, -0.25) is 4.79 Å². The van der Waals surface area contributed by atoms with Crippen LogP contribution in [0.3, 0.4) is 0 Å². The number of rotatable bonds is 0. The molecular formula is C5H11NO. The van der Waals surface area contributed by atoms with Gasteiger partial charge in [0.15, 0.2) is 0 Å². The second-order valence-corrected chi connectivity index (χ2v) is 1.02. The van der Waals surface area contributed by atoms with Gasteiger partial charge in [0.1, 0.15) is 0 Å². The Morgan fingerprint density at radius 1 is 1.86 bits per heavy atom. The molecular weight excluding hydrogens is 90.1 g/mol. The van der Waals surface area contributed by atoms with E-state index in [1.165, 1.54) is 6.92 Å². The molecule has 0 unspecified atom stereocenters. The molecule has 0 aliphatic rings. The first kappa shape index (κ1) is 9.51. The van der Waals surface area contributed by atoms with E-state index in [0.29, 0.717) is 0 Å². The highest BCUT2D eigenvalue weighted by atomic mass is 16.1. The molecule has 0 bridgehead atoms. The number of carbonyl (C=O) groups excluding carboxylic acids is 1. The molecule has 0 rings (SSSR count). The summed E-state index contributed by atoms with van der Waals surface area (Å²) in [7, 11) is 0. The zero-order valence-corrected chi connectivity index (χ0v) is 4.77. The van der Waals surface area contributed by atoms with Gasteiger partial charge in [0.05, 0.1) is 0 Å². The van der Waals surface area contributed by atoms with Gasteiger partial charge >= 0.3 is 0 Å². The topological polar surface area (TPSA) is 43.1 Å². The van der Waals surface area contributed by atoms with Crippen LogP contribution < -0.4 is 5.73 Å². The van der Waals surface area contributed by atoms with Crippen LogP contribution in [0.4, 0.5) is 0 Å². The van der Waals surface area contributed by atoms with Crippen molar-refractivity contribution in [3.8, 4) is 0 Å². The van der Waals surface area contributed by atoms with Crippen LogP contribution in [0.5, 0.6) is 0 Å². The third kappa shape index (κ3) is 86.0. The summed E-state index contributed by atoms with van der Waals surface area (Å²) >= 11 is 0. The standard InChI is InChI=1S/C3H6.C2H5NO/c1-3-2;1-2(3)4/h3H,1H2,2H3;1H3,(H2,3,4). The van der Waals surface area contributed by atoms with Gasteiger partial charge in [-0.2, -0.15) is 0 Å². The number of carbonyl (C=O) groups is 1. The van der Waals surface area contributed by atoms with Gasteiger partial charge in [0, 0.05) is 6.92 Å². The van der Waals surface area contributed by atoms with Crippen LogP contribution in [0, 0.1) is 0 Å². The first-order chi connectivity index (χ1) is 3.15. The van der Waals surface area contributed by atoms with E-state index in [2.05, 4.69) is 12.3 Å². The van der Waals surface area contributed by atoms with Gasteiger partial charge in [0.25, 0.3) is 0 Å². The van der Waals surface area contributed by atoms with Crippen LogP contribution in [0.2, 0.25) is 0 Å². The Kier molecular flexibility index (Phi) is 12.2. The zero-order chi connectivity index (χ0) is 6.28. The normalized spacial score (nSPS) is 5.43. The average molecular weight is 101 g/mol. The molecule has 0 saturated carbocycles. The fourth-order valence-corrected chi connectivity index (χ4v) is 0. The summed E-state index contributed by atoms with van der Waals surface area (Å²) < 4.78 is 0. The molecule has 0 aliphatic carbocycles. The van der Waals surface area contributed by atoms with Gasteiger partial charge in [-0.05, 0) is 6.92 Å². The number of nitrogens with two attached hydrogens (primary N) is 1. The third-order valence-corrected chi connectivity index (χ3v) is 0. The maximum Gasteiger partial charge on any atom is 0.214 e. The second-order valence-electron chi connectivity index (χ2n) is 1.02. The van der Waals surface area contributed by atoms with Crippen molar-refractivity contribution in [3.63, 3.8) is 0 Å². The minimum atomic E-state index is -0.333. The molecule has 0 radical (unpaired) electrons. The van der Waals surface area contributed by atoms with Gasteiger partial charge in [0.2, 0.25) is 5.91 Å². The molecule has 2 heteroatoms. The van der Waals surface area contributed by atoms with Crippen molar-refractivity contribution in [2.24, 2.45) is 5.73 Å². The summed E-state index contributed by atoms with van der Waals surface area (Å²) in [5, 5.41) is 0. The Bertz CT molecular complexity index is 55.1. The molecule has 2 N–H and O–H groups in total. The van der Waals surface area contributed by atoms with E-state index in [1.54, 1.807) is 6.08 Å². The van der Waals surface area contributed by atoms with Crippen LogP contribution in [-0.4, -0.2) is 5.91 Å². The molecule has 1 amide bonds. The van der Waals surface area contributed by atoms with Gasteiger partial charge in [-0.15, -0.1) is 6.58 Å². The Morgan fingerprint density at radius 2 is 1.86 bits per heavy atom. The highest BCUT2D eigenvalue weighted by Gasteiger charge is 1.61. The van der Waals surface area contributed by atoms with Crippen molar-refractivity contribution >= 4 is 5.91 Å². The maximum absolute atomic E-state index is 9.22. The molecule has 0 heterocycles. The Labute approximate surface area is 44.0 Å². The number of hydrogen-bond donors (Lipinski definition) is 1. The molecule has 0 saturated heterocycles. The van der Waals surface area contributed by atoms with E-state index in [1.807, 2.05) is 6.92 Å². The SMILES string of the molecule is C=CC.CC(N)=O. The highest BCUT2D eigenvalue weighted by molar-refractivity contribution is 5.70. The summed E-state index contributed by atoms with van der Waals surface area (Å²) in [5.74, 6) is -0.333. The molecule has 2 nitrogen and oxygen atoms in total. The summed E-state index contributed by atoms with van der Waals surface area (Å²) in [4.78, 5) is 9.22. The predicted molar refractivity (Wildman–Crippen MR) is 30.7 cm³/mol. The molecule has 42 valence electrons. The van der Waals surface area contributed by atoms with Crippen LogP contribution in [-0.2, 0) is 4.79 Å². The summed E-state index contributed by atoms with van der Waals surface area (Å²) in [5.41, 5.74) is 4.47. The van der Waals surface area contributed by atoms with E-state index in [-0.39, 0.29) is 5.91 Å². The lowest BCUT2D eigenvalue weighted by atomic mass is 10.8. The quantitative estimate of drug-likeness (QED) is 0.448. The van der Waals surface area contributed by atoms with E-state index < -0.39 is 0 Å². The zero-order valence-electron chi connectivity index (χ0n) is 4.77. The largest absolute Gasteiger partial charge is 0.370 e. The molecule has 0 fully saturated rings. The van der Waals surface area contributed by atoms with E-state index >= 15 is 0 Å². The molecule has 7 heavy (non-hydrogen) atoms. The second kappa shape index (κ2) is 8.96. The minimum Gasteiger partial charge on any atom is -0.370 e. The number of amides is 1. The number of hydrogen-bond acceptors (Lipinski definition) is 1. The lowest BCUT2D eigenvalue weighted by Crippen LogP contribution is -2.01. The highest BCUT2D eigenvalue weighted by Crippen LogP contribution is 1.38. The van der Waals surface area contributed by atoms with Gasteiger partial charge < -0.3 is 5.73 Å².